The van der Waals surface area contributed by atoms with Crippen LogP contribution in [0.2, 0.25) is 0 Å². The van der Waals surface area contributed by atoms with Crippen LogP contribution in [0.3, 0.4) is 0 Å². The molecule has 3 aromatic rings. The van der Waals surface area contributed by atoms with E-state index in [2.05, 4.69) is 15.0 Å². The first-order valence-electron chi connectivity index (χ1n) is 8.15. The third-order valence-corrected chi connectivity index (χ3v) is 3.96. The molecule has 4 nitrogen and oxygen atoms in total. The summed E-state index contributed by atoms with van der Waals surface area (Å²) >= 11 is 0. The number of likely N-dealkylation sites (N-methyl/N-ethyl adjacent to an activating group) is 1. The van der Waals surface area contributed by atoms with E-state index in [-0.39, 0.29) is 5.69 Å². The van der Waals surface area contributed by atoms with Gasteiger partial charge in [-0.2, -0.15) is 18.3 Å². The van der Waals surface area contributed by atoms with E-state index < -0.39 is 11.7 Å². The molecule has 0 unspecified atom stereocenters. The lowest BCUT2D eigenvalue weighted by Gasteiger charge is -2.09. The summed E-state index contributed by atoms with van der Waals surface area (Å²) < 4.78 is 40.6. The molecule has 0 radical (unpaired) electrons. The van der Waals surface area contributed by atoms with E-state index in [4.69, 9.17) is 0 Å². The van der Waals surface area contributed by atoms with E-state index in [9.17, 15) is 13.2 Å². The molecule has 0 N–H and O–H groups in total. The molecule has 1 aromatic carbocycles. The van der Waals surface area contributed by atoms with Gasteiger partial charge in [-0.3, -0.25) is 9.67 Å². The normalized spacial score (nSPS) is 11.9. The first-order chi connectivity index (χ1) is 12.3. The van der Waals surface area contributed by atoms with Crippen LogP contribution in [0.15, 0.2) is 54.9 Å². The van der Waals surface area contributed by atoms with E-state index >= 15 is 0 Å². The zero-order valence-corrected chi connectivity index (χ0v) is 14.5. The van der Waals surface area contributed by atoms with Crippen molar-refractivity contribution in [3.63, 3.8) is 0 Å². The van der Waals surface area contributed by atoms with Crippen LogP contribution < -0.4 is 0 Å². The second kappa shape index (κ2) is 7.29. The van der Waals surface area contributed by atoms with Gasteiger partial charge in [0.2, 0.25) is 0 Å². The first-order valence-corrected chi connectivity index (χ1v) is 8.15. The highest BCUT2D eigenvalue weighted by Crippen LogP contribution is 2.32. The van der Waals surface area contributed by atoms with Crippen molar-refractivity contribution in [3.8, 4) is 22.5 Å². The minimum absolute atomic E-state index is 0.286. The molecule has 0 fully saturated rings. The number of pyridine rings is 1. The maximum atomic E-state index is 12.9. The quantitative estimate of drug-likeness (QED) is 0.684. The largest absolute Gasteiger partial charge is 0.416 e. The van der Waals surface area contributed by atoms with Gasteiger partial charge in [-0.05, 0) is 38.4 Å². The maximum absolute atomic E-state index is 12.9. The minimum atomic E-state index is -4.39. The molecule has 0 aliphatic rings. The Morgan fingerprint density at radius 2 is 1.73 bits per heavy atom. The second-order valence-corrected chi connectivity index (χ2v) is 6.28. The molecule has 0 spiro atoms. The summed E-state index contributed by atoms with van der Waals surface area (Å²) in [7, 11) is 3.99. The van der Waals surface area contributed by atoms with E-state index in [0.717, 1.165) is 36.5 Å². The summed E-state index contributed by atoms with van der Waals surface area (Å²) in [5.74, 6) is 0. The number of aromatic nitrogens is 3. The molecule has 0 saturated carbocycles. The average molecular weight is 360 g/mol. The van der Waals surface area contributed by atoms with Gasteiger partial charge in [0.25, 0.3) is 0 Å². The standard InChI is InChI=1S/C19H19F3N4/c1-25(2)10-11-26-9-7-17(24-26)14-4-3-5-15(12-14)18-13-16(6-8-23-18)19(20,21)22/h3-9,12-13H,10-11H2,1-2H3. The maximum Gasteiger partial charge on any atom is 0.416 e. The average Bonchev–Trinajstić information content (AvgIpc) is 3.09. The van der Waals surface area contributed by atoms with Gasteiger partial charge < -0.3 is 4.90 Å². The van der Waals surface area contributed by atoms with Crippen molar-refractivity contribution in [3.05, 3.63) is 60.4 Å². The van der Waals surface area contributed by atoms with Gasteiger partial charge in [0, 0.05) is 30.1 Å². The topological polar surface area (TPSA) is 34.0 Å². The number of nitrogens with zero attached hydrogens (tertiary/aromatic N) is 4. The third kappa shape index (κ3) is 4.29. The summed E-state index contributed by atoms with van der Waals surface area (Å²) in [5.41, 5.74) is 1.81. The predicted octanol–water partition coefficient (Wildman–Crippen LogP) is 4.19. The molecule has 2 aromatic heterocycles. The molecule has 0 amide bonds. The Bertz CT molecular complexity index is 884. The van der Waals surface area contributed by atoms with Gasteiger partial charge in [-0.1, -0.05) is 18.2 Å². The monoisotopic (exact) mass is 360 g/mol. The van der Waals surface area contributed by atoms with Crippen molar-refractivity contribution in [1.82, 2.24) is 19.7 Å². The van der Waals surface area contributed by atoms with E-state index in [0.29, 0.717) is 5.56 Å². The van der Waals surface area contributed by atoms with Crippen LogP contribution in [0.1, 0.15) is 5.56 Å². The Hall–Kier alpha value is -2.67. The Morgan fingerprint density at radius 1 is 1.00 bits per heavy atom. The molecule has 0 bridgehead atoms. The lowest BCUT2D eigenvalue weighted by molar-refractivity contribution is -0.137. The number of hydrogen-bond acceptors (Lipinski definition) is 3. The summed E-state index contributed by atoms with van der Waals surface area (Å²) in [6.07, 6.45) is -1.31. The fraction of sp³-hybridized carbons (Fsp3) is 0.263. The zero-order valence-electron chi connectivity index (χ0n) is 14.5. The smallest absolute Gasteiger partial charge is 0.308 e. The summed E-state index contributed by atoms with van der Waals surface area (Å²) in [4.78, 5) is 6.15. The highest BCUT2D eigenvalue weighted by Gasteiger charge is 2.30. The van der Waals surface area contributed by atoms with Crippen molar-refractivity contribution in [2.24, 2.45) is 0 Å². The summed E-state index contributed by atoms with van der Waals surface area (Å²) in [6.45, 7) is 1.64. The van der Waals surface area contributed by atoms with E-state index in [1.165, 1.54) is 6.20 Å². The van der Waals surface area contributed by atoms with Crippen LogP contribution >= 0.6 is 0 Å². The Morgan fingerprint density at radius 3 is 2.42 bits per heavy atom. The van der Waals surface area contributed by atoms with E-state index in [1.54, 1.807) is 18.2 Å². The fourth-order valence-corrected chi connectivity index (χ4v) is 2.55. The van der Waals surface area contributed by atoms with Crippen molar-refractivity contribution in [2.45, 2.75) is 12.7 Å². The molecule has 0 saturated heterocycles. The zero-order chi connectivity index (χ0) is 18.7. The highest BCUT2D eigenvalue weighted by molar-refractivity contribution is 5.69. The molecule has 0 aliphatic heterocycles. The van der Waals surface area contributed by atoms with Gasteiger partial charge >= 0.3 is 6.18 Å². The fourth-order valence-electron chi connectivity index (χ4n) is 2.55. The molecule has 136 valence electrons. The molecular formula is C19H19F3N4. The lowest BCUT2D eigenvalue weighted by atomic mass is 10.0. The van der Waals surface area contributed by atoms with Crippen LogP contribution in [0.25, 0.3) is 22.5 Å². The molecular weight excluding hydrogens is 341 g/mol. The lowest BCUT2D eigenvalue weighted by Crippen LogP contribution is -2.18. The Labute approximate surface area is 149 Å². The van der Waals surface area contributed by atoms with E-state index in [1.807, 2.05) is 37.1 Å². The van der Waals surface area contributed by atoms with Gasteiger partial charge in [0.05, 0.1) is 23.5 Å². The Kier molecular flexibility index (Phi) is 5.08. The van der Waals surface area contributed by atoms with Crippen LogP contribution in [-0.2, 0) is 12.7 Å². The van der Waals surface area contributed by atoms with Crippen molar-refractivity contribution < 1.29 is 13.2 Å². The van der Waals surface area contributed by atoms with Crippen molar-refractivity contribution >= 4 is 0 Å². The number of hydrogen-bond donors (Lipinski definition) is 0. The number of halogens is 3. The number of rotatable bonds is 5. The summed E-state index contributed by atoms with van der Waals surface area (Å²) in [5, 5.41) is 4.53. The van der Waals surface area contributed by atoms with Crippen LogP contribution in [0.5, 0.6) is 0 Å². The molecule has 2 heterocycles. The SMILES string of the molecule is CN(C)CCn1ccc(-c2cccc(-c3cc(C(F)(F)F)ccn3)c2)n1. The minimum Gasteiger partial charge on any atom is -0.308 e. The molecule has 0 aliphatic carbocycles. The van der Waals surface area contributed by atoms with Gasteiger partial charge in [-0.15, -0.1) is 0 Å². The highest BCUT2D eigenvalue weighted by atomic mass is 19.4. The third-order valence-electron chi connectivity index (χ3n) is 3.96. The number of alkyl halides is 3. The van der Waals surface area contributed by atoms with Crippen LogP contribution in [0.4, 0.5) is 13.2 Å². The van der Waals surface area contributed by atoms with Gasteiger partial charge in [0.1, 0.15) is 0 Å². The van der Waals surface area contributed by atoms with Crippen LogP contribution in [-0.4, -0.2) is 40.3 Å². The van der Waals surface area contributed by atoms with Gasteiger partial charge in [-0.25, -0.2) is 0 Å². The molecule has 7 heteroatoms. The molecule has 3 rings (SSSR count). The summed E-state index contributed by atoms with van der Waals surface area (Å²) in [6, 6.07) is 11.2. The molecule has 26 heavy (non-hydrogen) atoms. The van der Waals surface area contributed by atoms with Gasteiger partial charge in [0.15, 0.2) is 0 Å². The molecule has 0 atom stereocenters. The Balaban J connectivity index is 1.87. The first kappa shape index (κ1) is 18.1. The van der Waals surface area contributed by atoms with Crippen LogP contribution in [0, 0.1) is 0 Å². The number of benzene rings is 1. The van der Waals surface area contributed by atoms with Crippen molar-refractivity contribution in [1.29, 1.82) is 0 Å². The van der Waals surface area contributed by atoms with Crippen molar-refractivity contribution in [2.75, 3.05) is 20.6 Å². The second-order valence-electron chi connectivity index (χ2n) is 6.28. The predicted molar refractivity (Wildman–Crippen MR) is 94.5 cm³/mol.